The van der Waals surface area contributed by atoms with Crippen LogP contribution in [0.25, 0.3) is 0 Å². The van der Waals surface area contributed by atoms with Crippen LogP contribution >= 0.6 is 0 Å². The smallest absolute Gasteiger partial charge is 0.384 e. The Labute approximate surface area is 114 Å². The van der Waals surface area contributed by atoms with Gasteiger partial charge < -0.3 is 11.1 Å². The van der Waals surface area contributed by atoms with Crippen LogP contribution in [0.3, 0.4) is 0 Å². The van der Waals surface area contributed by atoms with Gasteiger partial charge >= 0.3 is 6.18 Å². The lowest BCUT2D eigenvalue weighted by Crippen LogP contribution is -2.37. The molecule has 20 heavy (non-hydrogen) atoms. The number of nitrogens with zero attached hydrogens (tertiary/aromatic N) is 1. The van der Waals surface area contributed by atoms with E-state index in [0.29, 0.717) is 5.69 Å². The fraction of sp³-hybridized carbons (Fsp3) is 0.385. The SMILES string of the molecule is CC(C)(CNc1ccc(C(F)(F)F)c(C#N)c1)C(N)=O. The third-order valence-electron chi connectivity index (χ3n) is 2.85. The Bertz CT molecular complexity index is 559. The second-order valence-corrected chi connectivity index (χ2v) is 4.97. The monoisotopic (exact) mass is 285 g/mol. The largest absolute Gasteiger partial charge is 0.417 e. The van der Waals surface area contributed by atoms with Crippen molar-refractivity contribution in [2.24, 2.45) is 11.1 Å². The summed E-state index contributed by atoms with van der Waals surface area (Å²) in [5, 5.41) is 11.6. The third-order valence-corrected chi connectivity index (χ3v) is 2.85. The predicted octanol–water partition coefficient (Wildman–Crippen LogP) is 2.50. The van der Waals surface area contributed by atoms with Crippen molar-refractivity contribution >= 4 is 11.6 Å². The van der Waals surface area contributed by atoms with E-state index >= 15 is 0 Å². The average Bonchev–Trinajstić information content (AvgIpc) is 2.34. The van der Waals surface area contributed by atoms with Crippen molar-refractivity contribution in [3.63, 3.8) is 0 Å². The van der Waals surface area contributed by atoms with Gasteiger partial charge in [0.15, 0.2) is 0 Å². The van der Waals surface area contributed by atoms with Crippen LogP contribution in [0.2, 0.25) is 0 Å². The van der Waals surface area contributed by atoms with E-state index in [4.69, 9.17) is 11.0 Å². The molecule has 0 unspecified atom stereocenters. The Morgan fingerprint density at radius 3 is 2.45 bits per heavy atom. The van der Waals surface area contributed by atoms with Crippen molar-refractivity contribution in [1.29, 1.82) is 5.26 Å². The molecule has 0 radical (unpaired) electrons. The lowest BCUT2D eigenvalue weighted by Gasteiger charge is -2.21. The van der Waals surface area contributed by atoms with Gasteiger partial charge in [0, 0.05) is 12.2 Å². The molecule has 0 atom stereocenters. The van der Waals surface area contributed by atoms with E-state index in [9.17, 15) is 18.0 Å². The van der Waals surface area contributed by atoms with Gasteiger partial charge in [0.1, 0.15) is 0 Å². The van der Waals surface area contributed by atoms with Crippen LogP contribution in [0, 0.1) is 16.7 Å². The standard InChI is InChI=1S/C13H14F3N3O/c1-12(2,11(18)20)7-19-9-3-4-10(13(14,15)16)8(5-9)6-17/h3-5,19H,7H2,1-2H3,(H2,18,20). The highest BCUT2D eigenvalue weighted by Crippen LogP contribution is 2.33. The Hall–Kier alpha value is -2.23. The zero-order chi connectivity index (χ0) is 15.6. The summed E-state index contributed by atoms with van der Waals surface area (Å²) in [6.45, 7) is 3.37. The van der Waals surface area contributed by atoms with Crippen molar-refractivity contribution in [1.82, 2.24) is 0 Å². The molecule has 7 heteroatoms. The zero-order valence-corrected chi connectivity index (χ0v) is 11.0. The van der Waals surface area contributed by atoms with Crippen LogP contribution in [0.4, 0.5) is 18.9 Å². The summed E-state index contributed by atoms with van der Waals surface area (Å²) < 4.78 is 37.8. The molecule has 0 aromatic heterocycles. The molecule has 3 N–H and O–H groups in total. The highest BCUT2D eigenvalue weighted by Gasteiger charge is 2.33. The lowest BCUT2D eigenvalue weighted by atomic mass is 9.92. The molecular formula is C13H14F3N3O. The Morgan fingerprint density at radius 2 is 2.00 bits per heavy atom. The molecule has 0 bridgehead atoms. The van der Waals surface area contributed by atoms with Crippen molar-refractivity contribution in [3.8, 4) is 6.07 Å². The van der Waals surface area contributed by atoms with Crippen molar-refractivity contribution < 1.29 is 18.0 Å². The first-order valence-electron chi connectivity index (χ1n) is 5.73. The van der Waals surface area contributed by atoms with E-state index in [0.717, 1.165) is 12.1 Å². The van der Waals surface area contributed by atoms with E-state index in [1.54, 1.807) is 13.8 Å². The Balaban J connectivity index is 2.96. The molecule has 1 aromatic rings. The van der Waals surface area contributed by atoms with E-state index in [1.807, 2.05) is 0 Å². The van der Waals surface area contributed by atoms with Gasteiger partial charge in [-0.3, -0.25) is 4.79 Å². The van der Waals surface area contributed by atoms with Crippen LogP contribution in [0.15, 0.2) is 18.2 Å². The summed E-state index contributed by atoms with van der Waals surface area (Å²) >= 11 is 0. The minimum Gasteiger partial charge on any atom is -0.384 e. The number of rotatable bonds is 4. The van der Waals surface area contributed by atoms with Crippen molar-refractivity contribution in [2.45, 2.75) is 20.0 Å². The lowest BCUT2D eigenvalue weighted by molar-refractivity contribution is -0.137. The summed E-state index contributed by atoms with van der Waals surface area (Å²) in [4.78, 5) is 11.1. The normalized spacial score (nSPS) is 11.8. The quantitative estimate of drug-likeness (QED) is 0.892. The topological polar surface area (TPSA) is 78.9 Å². The average molecular weight is 285 g/mol. The zero-order valence-electron chi connectivity index (χ0n) is 11.0. The molecule has 0 aliphatic heterocycles. The number of nitriles is 1. The van der Waals surface area contributed by atoms with E-state index in [2.05, 4.69) is 5.32 Å². The molecule has 0 spiro atoms. The summed E-state index contributed by atoms with van der Waals surface area (Å²) in [7, 11) is 0. The number of alkyl halides is 3. The summed E-state index contributed by atoms with van der Waals surface area (Å²) in [6.07, 6.45) is -4.57. The molecule has 0 saturated heterocycles. The van der Waals surface area contributed by atoms with Crippen molar-refractivity contribution in [2.75, 3.05) is 11.9 Å². The number of halogens is 3. The second-order valence-electron chi connectivity index (χ2n) is 4.97. The van der Waals surface area contributed by atoms with E-state index in [-0.39, 0.29) is 6.54 Å². The van der Waals surface area contributed by atoms with Crippen LogP contribution in [0.5, 0.6) is 0 Å². The molecule has 1 amide bonds. The highest BCUT2D eigenvalue weighted by atomic mass is 19.4. The molecule has 1 aromatic carbocycles. The fourth-order valence-corrected chi connectivity index (χ4v) is 1.40. The van der Waals surface area contributed by atoms with E-state index < -0.39 is 28.6 Å². The van der Waals surface area contributed by atoms with Crippen LogP contribution in [-0.4, -0.2) is 12.5 Å². The van der Waals surface area contributed by atoms with Crippen LogP contribution in [-0.2, 0) is 11.0 Å². The van der Waals surface area contributed by atoms with E-state index in [1.165, 1.54) is 12.1 Å². The number of primary amides is 1. The third kappa shape index (κ3) is 3.63. The van der Waals surface area contributed by atoms with Crippen molar-refractivity contribution in [3.05, 3.63) is 29.3 Å². The minimum atomic E-state index is -4.57. The van der Waals surface area contributed by atoms with Gasteiger partial charge in [-0.25, -0.2) is 0 Å². The molecule has 1 rings (SSSR count). The maximum absolute atomic E-state index is 12.6. The Kier molecular flexibility index (Phi) is 4.28. The van der Waals surface area contributed by atoms with Crippen LogP contribution in [0.1, 0.15) is 25.0 Å². The van der Waals surface area contributed by atoms with Gasteiger partial charge in [0.25, 0.3) is 0 Å². The maximum Gasteiger partial charge on any atom is 0.417 e. The predicted molar refractivity (Wildman–Crippen MR) is 67.6 cm³/mol. The number of carbonyl (C=O) groups excluding carboxylic acids is 1. The molecular weight excluding hydrogens is 271 g/mol. The molecule has 108 valence electrons. The number of nitrogens with two attached hydrogens (primary N) is 1. The van der Waals surface area contributed by atoms with Gasteiger partial charge in [0.05, 0.1) is 22.6 Å². The van der Waals surface area contributed by atoms with Crippen LogP contribution < -0.4 is 11.1 Å². The molecule has 0 saturated carbocycles. The molecule has 4 nitrogen and oxygen atoms in total. The number of carbonyl (C=O) groups is 1. The first-order chi connectivity index (χ1) is 9.08. The highest BCUT2D eigenvalue weighted by molar-refractivity contribution is 5.80. The second kappa shape index (κ2) is 5.41. The van der Waals surface area contributed by atoms with Gasteiger partial charge in [-0.15, -0.1) is 0 Å². The number of amides is 1. The summed E-state index contributed by atoms with van der Waals surface area (Å²) in [5.74, 6) is -0.530. The molecule has 0 heterocycles. The number of nitrogens with one attached hydrogen (secondary N) is 1. The molecule has 0 aliphatic carbocycles. The minimum absolute atomic E-state index is 0.151. The number of hydrogen-bond donors (Lipinski definition) is 2. The number of benzene rings is 1. The first kappa shape index (κ1) is 15.8. The van der Waals surface area contributed by atoms with Gasteiger partial charge in [-0.1, -0.05) is 0 Å². The fourth-order valence-electron chi connectivity index (χ4n) is 1.40. The maximum atomic E-state index is 12.6. The number of anilines is 1. The first-order valence-corrected chi connectivity index (χ1v) is 5.73. The Morgan fingerprint density at radius 1 is 1.40 bits per heavy atom. The summed E-state index contributed by atoms with van der Waals surface area (Å²) in [6, 6.07) is 4.65. The van der Waals surface area contributed by atoms with Gasteiger partial charge in [-0.2, -0.15) is 18.4 Å². The summed E-state index contributed by atoms with van der Waals surface area (Å²) in [5.41, 5.74) is 3.20. The molecule has 0 fully saturated rings. The van der Waals surface area contributed by atoms with Gasteiger partial charge in [0.2, 0.25) is 5.91 Å². The number of hydrogen-bond acceptors (Lipinski definition) is 3. The molecule has 0 aliphatic rings. The van der Waals surface area contributed by atoms with Gasteiger partial charge in [-0.05, 0) is 32.0 Å².